The summed E-state index contributed by atoms with van der Waals surface area (Å²) in [6.45, 7) is 10.5. The molecule has 26 heavy (non-hydrogen) atoms. The SMILES string of the molecule is C=C1C(=O)[C@]23C[C@H]1CC[C@H]2[C@]1(C)CCC[C@](C)(COC(C)=O)[C@H]1C[C@H]3O. The van der Waals surface area contributed by atoms with E-state index in [4.69, 9.17) is 4.74 Å². The lowest BCUT2D eigenvalue weighted by atomic mass is 9.40. The van der Waals surface area contributed by atoms with Crippen LogP contribution in [0.3, 0.4) is 0 Å². The van der Waals surface area contributed by atoms with Crippen LogP contribution in [-0.4, -0.2) is 29.6 Å². The van der Waals surface area contributed by atoms with Crippen molar-refractivity contribution in [1.29, 1.82) is 0 Å². The third kappa shape index (κ3) is 2.17. The summed E-state index contributed by atoms with van der Waals surface area (Å²) in [6.07, 6.45) is 6.04. The summed E-state index contributed by atoms with van der Waals surface area (Å²) in [7, 11) is 0. The third-order valence-corrected chi connectivity index (χ3v) is 8.77. The van der Waals surface area contributed by atoms with Crippen molar-refractivity contribution in [3.63, 3.8) is 0 Å². The van der Waals surface area contributed by atoms with Gasteiger partial charge in [-0.1, -0.05) is 26.8 Å². The van der Waals surface area contributed by atoms with E-state index in [0.717, 1.165) is 44.1 Å². The van der Waals surface area contributed by atoms with Gasteiger partial charge in [0, 0.05) is 12.3 Å². The van der Waals surface area contributed by atoms with Crippen LogP contribution in [0.15, 0.2) is 12.2 Å². The van der Waals surface area contributed by atoms with Crippen molar-refractivity contribution in [3.8, 4) is 0 Å². The zero-order valence-corrected chi connectivity index (χ0v) is 16.3. The van der Waals surface area contributed by atoms with Crippen molar-refractivity contribution in [1.82, 2.24) is 0 Å². The molecule has 0 aromatic carbocycles. The van der Waals surface area contributed by atoms with Crippen molar-refractivity contribution in [2.45, 2.75) is 71.8 Å². The Hall–Kier alpha value is -1.16. The highest BCUT2D eigenvalue weighted by Crippen LogP contribution is 2.71. The normalized spacial score (nSPS) is 50.2. The van der Waals surface area contributed by atoms with Crippen LogP contribution >= 0.6 is 0 Å². The van der Waals surface area contributed by atoms with Gasteiger partial charge in [0.1, 0.15) is 0 Å². The Bertz CT molecular complexity index is 669. The number of fused-ring (bicyclic) bond motifs is 3. The van der Waals surface area contributed by atoms with Gasteiger partial charge < -0.3 is 9.84 Å². The quantitative estimate of drug-likeness (QED) is 0.603. The molecule has 4 fully saturated rings. The molecule has 0 amide bonds. The molecule has 4 heteroatoms. The molecule has 4 saturated carbocycles. The summed E-state index contributed by atoms with van der Waals surface area (Å²) in [5.74, 6) is 0.652. The number of hydrogen-bond acceptors (Lipinski definition) is 4. The van der Waals surface area contributed by atoms with Gasteiger partial charge in [-0.15, -0.1) is 0 Å². The zero-order valence-electron chi connectivity index (χ0n) is 16.3. The van der Waals surface area contributed by atoms with Gasteiger partial charge in [0.25, 0.3) is 0 Å². The first-order valence-electron chi connectivity index (χ1n) is 10.2. The van der Waals surface area contributed by atoms with Gasteiger partial charge >= 0.3 is 5.97 Å². The lowest BCUT2D eigenvalue weighted by molar-refractivity contribution is -0.207. The molecule has 0 aliphatic heterocycles. The first kappa shape index (κ1) is 18.2. The lowest BCUT2D eigenvalue weighted by Gasteiger charge is -2.64. The van der Waals surface area contributed by atoms with Crippen LogP contribution in [0.1, 0.15) is 65.7 Å². The molecule has 0 radical (unpaired) electrons. The number of carbonyl (C=O) groups excluding carboxylic acids is 2. The summed E-state index contributed by atoms with van der Waals surface area (Å²) in [5, 5.41) is 11.3. The topological polar surface area (TPSA) is 63.6 Å². The molecular formula is C22H32O4. The molecule has 4 nitrogen and oxygen atoms in total. The average Bonchev–Trinajstić information content (AvgIpc) is 2.77. The number of esters is 1. The monoisotopic (exact) mass is 360 g/mol. The van der Waals surface area contributed by atoms with E-state index in [1.54, 1.807) is 0 Å². The van der Waals surface area contributed by atoms with Gasteiger partial charge in [-0.05, 0) is 67.3 Å². The van der Waals surface area contributed by atoms with Crippen LogP contribution < -0.4 is 0 Å². The second-order valence-electron chi connectivity index (χ2n) is 10.0. The van der Waals surface area contributed by atoms with Crippen molar-refractivity contribution in [3.05, 3.63) is 12.2 Å². The highest BCUT2D eigenvalue weighted by atomic mass is 16.5. The molecule has 0 aromatic rings. The minimum absolute atomic E-state index is 0.0115. The molecular weight excluding hydrogens is 328 g/mol. The van der Waals surface area contributed by atoms with E-state index in [1.165, 1.54) is 6.92 Å². The van der Waals surface area contributed by atoms with E-state index in [1.807, 2.05) is 0 Å². The molecule has 4 aliphatic carbocycles. The molecule has 2 bridgehead atoms. The Morgan fingerprint density at radius 2 is 2.00 bits per heavy atom. The van der Waals surface area contributed by atoms with E-state index < -0.39 is 11.5 Å². The standard InChI is InChI=1S/C22H32O4/c1-13-15-6-7-16-21(4)9-5-8-20(3,12-26-14(2)23)17(21)10-18(24)22(16,11-15)19(13)25/h15-18,24H,1,5-12H2,2-4H3/t15-,16+,17-,18-,20-,21+,22-/m1/s1. The summed E-state index contributed by atoms with van der Waals surface area (Å²) >= 11 is 0. The highest BCUT2D eigenvalue weighted by Gasteiger charge is 2.70. The summed E-state index contributed by atoms with van der Waals surface area (Å²) in [4.78, 5) is 24.6. The molecule has 0 unspecified atom stereocenters. The summed E-state index contributed by atoms with van der Waals surface area (Å²) in [6, 6.07) is 0. The molecule has 144 valence electrons. The molecule has 1 spiro atoms. The Morgan fingerprint density at radius 1 is 1.27 bits per heavy atom. The molecule has 0 aromatic heterocycles. The first-order valence-corrected chi connectivity index (χ1v) is 10.2. The fourth-order valence-electron chi connectivity index (χ4n) is 7.61. The number of hydrogen-bond donors (Lipinski definition) is 1. The van der Waals surface area contributed by atoms with Gasteiger partial charge in [0.05, 0.1) is 18.1 Å². The Labute approximate surface area is 156 Å². The number of allylic oxidation sites excluding steroid dienone is 1. The van der Waals surface area contributed by atoms with Crippen LogP contribution in [0.25, 0.3) is 0 Å². The number of carbonyl (C=O) groups is 2. The number of aliphatic hydroxyl groups excluding tert-OH is 1. The highest BCUT2D eigenvalue weighted by molar-refractivity contribution is 6.03. The van der Waals surface area contributed by atoms with E-state index in [9.17, 15) is 14.7 Å². The van der Waals surface area contributed by atoms with Crippen molar-refractivity contribution >= 4 is 11.8 Å². The number of aliphatic hydroxyl groups is 1. The Kier molecular flexibility index (Phi) is 3.97. The number of ether oxygens (including phenoxy) is 1. The molecule has 4 rings (SSSR count). The predicted molar refractivity (Wildman–Crippen MR) is 98.2 cm³/mol. The Morgan fingerprint density at radius 3 is 2.69 bits per heavy atom. The second-order valence-corrected chi connectivity index (χ2v) is 10.0. The van der Waals surface area contributed by atoms with E-state index in [0.29, 0.717) is 13.0 Å². The molecule has 0 saturated heterocycles. The largest absolute Gasteiger partial charge is 0.465 e. The van der Waals surface area contributed by atoms with Crippen molar-refractivity contribution in [2.24, 2.45) is 34.0 Å². The fraction of sp³-hybridized carbons (Fsp3) is 0.818. The van der Waals surface area contributed by atoms with Crippen LogP contribution in [0.4, 0.5) is 0 Å². The van der Waals surface area contributed by atoms with Gasteiger partial charge in [0.15, 0.2) is 5.78 Å². The minimum Gasteiger partial charge on any atom is -0.465 e. The fourth-order valence-corrected chi connectivity index (χ4v) is 7.61. The zero-order chi connectivity index (χ0) is 18.9. The van der Waals surface area contributed by atoms with Gasteiger partial charge in [0.2, 0.25) is 0 Å². The molecule has 0 heterocycles. The smallest absolute Gasteiger partial charge is 0.302 e. The summed E-state index contributed by atoms with van der Waals surface area (Å²) in [5.41, 5.74) is 0.0337. The van der Waals surface area contributed by atoms with Crippen LogP contribution in [0.2, 0.25) is 0 Å². The number of ketones is 1. The minimum atomic E-state index is -0.606. The van der Waals surface area contributed by atoms with E-state index in [-0.39, 0.29) is 40.3 Å². The number of Topliss-reactive ketones (excluding diaryl/α,β-unsaturated/α-hetero) is 1. The van der Waals surface area contributed by atoms with Crippen LogP contribution in [0.5, 0.6) is 0 Å². The maximum Gasteiger partial charge on any atom is 0.302 e. The van der Waals surface area contributed by atoms with Crippen LogP contribution in [0, 0.1) is 34.0 Å². The maximum atomic E-state index is 13.2. The van der Waals surface area contributed by atoms with Gasteiger partial charge in [-0.2, -0.15) is 0 Å². The summed E-state index contributed by atoms with van der Waals surface area (Å²) < 4.78 is 5.45. The Balaban J connectivity index is 1.74. The first-order chi connectivity index (χ1) is 12.1. The number of rotatable bonds is 2. The van der Waals surface area contributed by atoms with Gasteiger partial charge in [-0.25, -0.2) is 0 Å². The second kappa shape index (κ2) is 5.67. The maximum absolute atomic E-state index is 13.2. The van der Waals surface area contributed by atoms with Crippen LogP contribution in [-0.2, 0) is 14.3 Å². The van der Waals surface area contributed by atoms with Crippen molar-refractivity contribution in [2.75, 3.05) is 6.61 Å². The molecule has 4 aliphatic rings. The average molecular weight is 360 g/mol. The van der Waals surface area contributed by atoms with Gasteiger partial charge in [-0.3, -0.25) is 9.59 Å². The lowest BCUT2D eigenvalue weighted by Crippen LogP contribution is -2.64. The van der Waals surface area contributed by atoms with E-state index in [2.05, 4.69) is 20.4 Å². The van der Waals surface area contributed by atoms with Crippen molar-refractivity contribution < 1.29 is 19.4 Å². The molecule has 7 atom stereocenters. The molecule has 1 N–H and O–H groups in total. The predicted octanol–water partition coefficient (Wildman–Crippen LogP) is 3.67. The third-order valence-electron chi connectivity index (χ3n) is 8.77. The van der Waals surface area contributed by atoms with E-state index >= 15 is 0 Å².